The molecule has 9 atom stereocenters. The number of carbonyl (C=O) groups is 11. The quantitative estimate of drug-likeness (QED) is 0.0300. The number of primary amides is 1. The monoisotopic (exact) mass is 940 g/mol. The Bertz CT molecular complexity index is 1850. The third-order valence-corrected chi connectivity index (χ3v) is 9.90. The number of amides is 8. The van der Waals surface area contributed by atoms with Crippen LogP contribution in [-0.2, 0) is 59.2 Å². The van der Waals surface area contributed by atoms with Gasteiger partial charge in [0.25, 0.3) is 0 Å². The van der Waals surface area contributed by atoms with Crippen molar-refractivity contribution in [3.8, 4) is 0 Å². The number of carboxylic acids is 3. The molecule has 1 rings (SSSR count). The van der Waals surface area contributed by atoms with Crippen LogP contribution in [0.3, 0.4) is 0 Å². The zero-order valence-corrected chi connectivity index (χ0v) is 37.2. The van der Waals surface area contributed by atoms with Crippen LogP contribution in [0.5, 0.6) is 0 Å². The molecule has 8 amide bonds. The van der Waals surface area contributed by atoms with Crippen LogP contribution in [0, 0.1) is 11.8 Å². The van der Waals surface area contributed by atoms with E-state index in [2.05, 4.69) is 41.9 Å². The molecule has 0 aliphatic rings. The number of carboxylic acid groups (broad SMARTS) is 3. The van der Waals surface area contributed by atoms with E-state index in [1.807, 2.05) is 5.32 Å². The van der Waals surface area contributed by atoms with Crippen LogP contribution >= 0.6 is 0 Å². The Morgan fingerprint density at radius 2 is 1.14 bits per heavy atom. The summed E-state index contributed by atoms with van der Waals surface area (Å²) in [6.45, 7) is 5.96. The molecule has 66 heavy (non-hydrogen) atoms. The molecule has 1 aromatic rings. The van der Waals surface area contributed by atoms with E-state index in [0.717, 1.165) is 0 Å². The zero-order chi connectivity index (χ0) is 50.3. The van der Waals surface area contributed by atoms with Gasteiger partial charge in [-0.1, -0.05) is 34.1 Å². The molecule has 0 radical (unpaired) electrons. The molecule has 370 valence electrons. The molecule has 0 saturated heterocycles. The molecular weight excluding hydrogens is 876 g/mol. The van der Waals surface area contributed by atoms with Crippen molar-refractivity contribution in [3.05, 3.63) is 18.2 Å². The highest BCUT2D eigenvalue weighted by Gasteiger charge is 2.37. The van der Waals surface area contributed by atoms with Crippen LogP contribution < -0.4 is 54.4 Å². The smallest absolute Gasteiger partial charge is 0.326 e. The minimum absolute atomic E-state index is 0.0139. The first kappa shape index (κ1) is 57.3. The first-order valence-electron chi connectivity index (χ1n) is 21.0. The highest BCUT2D eigenvalue weighted by molar-refractivity contribution is 5.99. The standard InChI is InChI=1S/C39H64N12O15/c1-5-19(4)31(51-33(59)22(8-6-7-9-40)45-35(61)24(11-20-15-43-17-44-20)46-32(58)21(41)16-52)38(64)49-26(13-29(54)55)37(63)48-25(12-28(42)53)36(62)47-23(10-18(2)3)34(60)50-27(39(65)66)14-30(56)57/h15,17-19,21-27,31,52H,5-14,16,40-41H2,1-4H3,(H2,42,53)(H,43,44)(H,45,61)(H,46,58)(H,47,62)(H,48,63)(H,49,64)(H,50,60)(H,51,59)(H,54,55)(H,56,57)(H,65,66)/t19-,21-,22-,23-,24-,25-,26-,27-,31-/m0/s1. The fourth-order valence-electron chi connectivity index (χ4n) is 6.13. The van der Waals surface area contributed by atoms with E-state index in [4.69, 9.17) is 22.3 Å². The molecule has 1 heterocycles. The molecule has 0 bridgehead atoms. The maximum atomic E-state index is 13.9. The molecule has 0 fully saturated rings. The third-order valence-electron chi connectivity index (χ3n) is 9.90. The van der Waals surface area contributed by atoms with E-state index in [1.165, 1.54) is 12.5 Å². The van der Waals surface area contributed by atoms with Crippen molar-refractivity contribution in [1.82, 2.24) is 47.2 Å². The van der Waals surface area contributed by atoms with Gasteiger partial charge in [-0.2, -0.15) is 0 Å². The summed E-state index contributed by atoms with van der Waals surface area (Å²) in [7, 11) is 0. The lowest BCUT2D eigenvalue weighted by Crippen LogP contribution is -2.61. The lowest BCUT2D eigenvalue weighted by molar-refractivity contribution is -0.147. The number of hydrogen-bond acceptors (Lipinski definition) is 15. The van der Waals surface area contributed by atoms with Gasteiger partial charge in [-0.25, -0.2) is 9.78 Å². The second-order valence-electron chi connectivity index (χ2n) is 15.9. The number of nitrogens with two attached hydrogens (primary N) is 3. The number of imidazole rings is 1. The fraction of sp³-hybridized carbons (Fsp3) is 0.641. The van der Waals surface area contributed by atoms with Crippen LogP contribution in [0.2, 0.25) is 0 Å². The minimum Gasteiger partial charge on any atom is -0.481 e. The normalized spacial score (nSPS) is 15.2. The van der Waals surface area contributed by atoms with Crippen molar-refractivity contribution in [2.24, 2.45) is 29.0 Å². The summed E-state index contributed by atoms with van der Waals surface area (Å²) < 4.78 is 0. The predicted octanol–water partition coefficient (Wildman–Crippen LogP) is -5.20. The van der Waals surface area contributed by atoms with E-state index in [-0.39, 0.29) is 38.1 Å². The minimum atomic E-state index is -1.97. The van der Waals surface area contributed by atoms with Crippen molar-refractivity contribution in [1.29, 1.82) is 0 Å². The SMILES string of the molecule is CC[C@H](C)[C@H](NC(=O)[C@H](CCCCN)NC(=O)[C@H](Cc1cnc[nH]1)NC(=O)[C@@H](N)CO)C(=O)N[C@@H](CC(=O)O)C(=O)N[C@@H](CC(N)=O)C(=O)N[C@@H](CC(C)C)C(=O)N[C@@H](CC(=O)O)C(=O)O. The highest BCUT2D eigenvalue weighted by Crippen LogP contribution is 2.13. The summed E-state index contributed by atoms with van der Waals surface area (Å²) in [6.07, 6.45) is 0.356. The van der Waals surface area contributed by atoms with Gasteiger partial charge in [-0.15, -0.1) is 0 Å². The maximum Gasteiger partial charge on any atom is 0.326 e. The van der Waals surface area contributed by atoms with Crippen molar-refractivity contribution in [2.45, 2.75) is 134 Å². The van der Waals surface area contributed by atoms with E-state index < -0.39 is 145 Å². The second kappa shape index (κ2) is 28.9. The number of aromatic nitrogens is 2. The topological polar surface area (TPSA) is 460 Å². The first-order valence-corrected chi connectivity index (χ1v) is 21.0. The van der Waals surface area contributed by atoms with Gasteiger partial charge >= 0.3 is 17.9 Å². The summed E-state index contributed by atoms with van der Waals surface area (Å²) >= 11 is 0. The average Bonchev–Trinajstić information content (AvgIpc) is 3.75. The number of nitrogens with zero attached hydrogens (tertiary/aromatic N) is 1. The Kier molecular flexibility index (Phi) is 25.1. The number of hydrogen-bond donors (Lipinski definition) is 15. The highest BCUT2D eigenvalue weighted by atomic mass is 16.4. The van der Waals surface area contributed by atoms with E-state index in [0.29, 0.717) is 18.5 Å². The Balaban J connectivity index is 3.44. The van der Waals surface area contributed by atoms with Gasteiger partial charge in [0, 0.05) is 18.3 Å². The van der Waals surface area contributed by atoms with Gasteiger partial charge in [0.1, 0.15) is 48.3 Å². The molecule has 18 N–H and O–H groups in total. The van der Waals surface area contributed by atoms with Crippen LogP contribution in [0.25, 0.3) is 0 Å². The molecule has 0 spiro atoms. The molecule has 27 heteroatoms. The maximum absolute atomic E-state index is 13.9. The van der Waals surface area contributed by atoms with Gasteiger partial charge in [0.2, 0.25) is 47.3 Å². The lowest BCUT2D eigenvalue weighted by Gasteiger charge is -2.29. The summed E-state index contributed by atoms with van der Waals surface area (Å²) in [6, 6.07) is -12.9. The Morgan fingerprint density at radius 3 is 1.64 bits per heavy atom. The van der Waals surface area contributed by atoms with Gasteiger partial charge in [0.05, 0.1) is 32.2 Å². The van der Waals surface area contributed by atoms with Crippen molar-refractivity contribution >= 4 is 65.2 Å². The Labute approximate surface area is 379 Å². The summed E-state index contributed by atoms with van der Waals surface area (Å²) in [5, 5.41) is 53.8. The summed E-state index contributed by atoms with van der Waals surface area (Å²) in [4.78, 5) is 148. The van der Waals surface area contributed by atoms with Gasteiger partial charge < -0.3 is 79.8 Å². The van der Waals surface area contributed by atoms with Crippen molar-refractivity contribution < 1.29 is 73.2 Å². The van der Waals surface area contributed by atoms with E-state index in [1.54, 1.807) is 27.7 Å². The van der Waals surface area contributed by atoms with Crippen LogP contribution in [0.15, 0.2) is 12.5 Å². The second-order valence-corrected chi connectivity index (χ2v) is 15.9. The van der Waals surface area contributed by atoms with Crippen molar-refractivity contribution in [2.75, 3.05) is 13.2 Å². The third kappa shape index (κ3) is 20.8. The number of aliphatic carboxylic acids is 3. The fourth-order valence-corrected chi connectivity index (χ4v) is 6.13. The molecule has 0 aromatic carbocycles. The number of aromatic amines is 1. The summed E-state index contributed by atoms with van der Waals surface area (Å²) in [5.41, 5.74) is 17.0. The first-order chi connectivity index (χ1) is 30.9. The van der Waals surface area contributed by atoms with Gasteiger partial charge in [0.15, 0.2) is 0 Å². The van der Waals surface area contributed by atoms with E-state index >= 15 is 0 Å². The number of carbonyl (C=O) groups excluding carboxylic acids is 8. The predicted molar refractivity (Wildman–Crippen MR) is 229 cm³/mol. The molecule has 0 unspecified atom stereocenters. The van der Waals surface area contributed by atoms with E-state index in [9.17, 15) is 68.1 Å². The Hall–Kier alpha value is -6.74. The number of H-pyrrole nitrogens is 1. The van der Waals surface area contributed by atoms with Crippen molar-refractivity contribution in [3.63, 3.8) is 0 Å². The number of rotatable bonds is 32. The molecule has 0 aliphatic carbocycles. The van der Waals surface area contributed by atoms with Gasteiger partial charge in [-0.05, 0) is 44.1 Å². The molecule has 0 aliphatic heterocycles. The summed E-state index contributed by atoms with van der Waals surface area (Å²) in [5.74, 6) is -14.4. The molecule has 0 saturated carbocycles. The molecule has 1 aromatic heterocycles. The number of aliphatic hydroxyl groups excluding tert-OH is 1. The van der Waals surface area contributed by atoms with Gasteiger partial charge in [-0.3, -0.25) is 47.9 Å². The Morgan fingerprint density at radius 1 is 0.652 bits per heavy atom. The van der Waals surface area contributed by atoms with Crippen LogP contribution in [0.1, 0.15) is 84.8 Å². The zero-order valence-electron chi connectivity index (χ0n) is 37.2. The number of nitrogens with one attached hydrogen (secondary N) is 8. The molecule has 27 nitrogen and oxygen atoms in total. The van der Waals surface area contributed by atoms with Crippen LogP contribution in [0.4, 0.5) is 0 Å². The largest absolute Gasteiger partial charge is 0.481 e. The number of unbranched alkanes of at least 4 members (excludes halogenated alkanes) is 1. The average molecular weight is 941 g/mol. The number of aliphatic hydroxyl groups is 1. The lowest BCUT2D eigenvalue weighted by atomic mass is 9.96. The van der Waals surface area contributed by atoms with Crippen LogP contribution in [-0.4, -0.2) is 157 Å². The molecular formula is C39H64N12O15.